The van der Waals surface area contributed by atoms with E-state index in [1.54, 1.807) is 0 Å². The number of allylic oxidation sites excluding steroid dienone is 8. The summed E-state index contributed by atoms with van der Waals surface area (Å²) in [5.74, 6) is -0.890. The zero-order valence-electron chi connectivity index (χ0n) is 43.6. The van der Waals surface area contributed by atoms with Crippen LogP contribution in [-0.2, 0) is 32.7 Å². The molecule has 0 saturated heterocycles. The third-order valence-electron chi connectivity index (χ3n) is 11.9. The van der Waals surface area contributed by atoms with Crippen LogP contribution in [-0.4, -0.2) is 70.0 Å². The monoisotopic (exact) mass is 950 g/mol. The Morgan fingerprint density at radius 2 is 0.833 bits per heavy atom. The second-order valence-electron chi connectivity index (χ2n) is 19.6. The van der Waals surface area contributed by atoms with Crippen LogP contribution in [0.2, 0.25) is 0 Å². The van der Waals surface area contributed by atoms with Gasteiger partial charge in [0.05, 0.1) is 27.7 Å². The van der Waals surface area contributed by atoms with Crippen molar-refractivity contribution in [2.24, 2.45) is 0 Å². The molecule has 2 atom stereocenters. The molecule has 0 aromatic carbocycles. The van der Waals surface area contributed by atoms with Gasteiger partial charge in [0.2, 0.25) is 0 Å². The van der Waals surface area contributed by atoms with E-state index in [-0.39, 0.29) is 26.1 Å². The molecule has 0 rings (SSSR count). The van der Waals surface area contributed by atoms with Crippen LogP contribution in [0, 0.1) is 0 Å². The van der Waals surface area contributed by atoms with Crippen molar-refractivity contribution in [3.63, 3.8) is 0 Å². The van der Waals surface area contributed by atoms with Gasteiger partial charge in [-0.2, -0.15) is 0 Å². The maximum atomic E-state index is 12.7. The molecule has 10 heteroatoms. The van der Waals surface area contributed by atoms with Gasteiger partial charge in [0.25, 0.3) is 7.82 Å². The third-order valence-corrected chi connectivity index (χ3v) is 12.8. The SMILES string of the molecule is CCCCCCCCC/C=C/C/C=C/C/C=C/C/C=C/CCCC(=O)O[C@H](COC(=O)CCCCCCCCCCCCCCCCCCCCCCC)COP(=O)([O-])OCC[N+](C)(C)C. The Kier molecular flexibility index (Phi) is 46.5. The maximum Gasteiger partial charge on any atom is 0.306 e. The number of ether oxygens (including phenoxy) is 2. The molecule has 0 radical (unpaired) electrons. The summed E-state index contributed by atoms with van der Waals surface area (Å²) in [5, 5.41) is 0. The van der Waals surface area contributed by atoms with Crippen molar-refractivity contribution in [1.82, 2.24) is 0 Å². The minimum absolute atomic E-state index is 0.0408. The lowest BCUT2D eigenvalue weighted by atomic mass is 10.0. The van der Waals surface area contributed by atoms with Gasteiger partial charge in [0.15, 0.2) is 6.10 Å². The number of quaternary nitrogens is 1. The summed E-state index contributed by atoms with van der Waals surface area (Å²) in [4.78, 5) is 37.8. The molecule has 0 bridgehead atoms. The van der Waals surface area contributed by atoms with Crippen molar-refractivity contribution >= 4 is 19.8 Å². The lowest BCUT2D eigenvalue weighted by Gasteiger charge is -2.28. The Morgan fingerprint density at radius 3 is 1.26 bits per heavy atom. The number of carbonyl (C=O) groups excluding carboxylic acids is 2. The molecule has 0 amide bonds. The summed E-state index contributed by atoms with van der Waals surface area (Å²) >= 11 is 0. The number of hydrogen-bond acceptors (Lipinski definition) is 8. The van der Waals surface area contributed by atoms with E-state index >= 15 is 0 Å². The van der Waals surface area contributed by atoms with E-state index in [0.29, 0.717) is 23.9 Å². The van der Waals surface area contributed by atoms with Gasteiger partial charge in [0, 0.05) is 12.8 Å². The van der Waals surface area contributed by atoms with Gasteiger partial charge >= 0.3 is 11.9 Å². The molecule has 0 aliphatic rings. The molecule has 0 saturated carbocycles. The number of unbranched alkanes of at least 4 members (excludes halogenated alkanes) is 28. The molecule has 0 fully saturated rings. The van der Waals surface area contributed by atoms with Crippen molar-refractivity contribution in [3.8, 4) is 0 Å². The predicted molar refractivity (Wildman–Crippen MR) is 277 cm³/mol. The van der Waals surface area contributed by atoms with Gasteiger partial charge in [0.1, 0.15) is 19.8 Å². The predicted octanol–water partition coefficient (Wildman–Crippen LogP) is 16.0. The van der Waals surface area contributed by atoms with Gasteiger partial charge in [-0.25, -0.2) is 0 Å². The normalized spacial score (nSPS) is 13.7. The van der Waals surface area contributed by atoms with Gasteiger partial charge in [-0.3, -0.25) is 14.2 Å². The number of rotatable bonds is 50. The average Bonchev–Trinajstić information content (AvgIpc) is 3.27. The van der Waals surface area contributed by atoms with E-state index < -0.39 is 32.5 Å². The largest absolute Gasteiger partial charge is 0.756 e. The molecule has 0 aromatic heterocycles. The Balaban J connectivity index is 4.29. The minimum Gasteiger partial charge on any atom is -0.756 e. The second kappa shape index (κ2) is 48.0. The average molecular weight is 950 g/mol. The molecule has 0 N–H and O–H groups in total. The summed E-state index contributed by atoms with van der Waals surface area (Å²) < 4.78 is 34.0. The fraction of sp³-hybridized carbons (Fsp3) is 0.821. The van der Waals surface area contributed by atoms with Gasteiger partial charge < -0.3 is 27.9 Å². The highest BCUT2D eigenvalue weighted by Gasteiger charge is 2.21. The zero-order chi connectivity index (χ0) is 48.5. The topological polar surface area (TPSA) is 111 Å². The molecule has 1 unspecified atom stereocenters. The Bertz CT molecular complexity index is 1260. The maximum absolute atomic E-state index is 12.7. The van der Waals surface area contributed by atoms with Crippen LogP contribution in [0.4, 0.5) is 0 Å². The lowest BCUT2D eigenvalue weighted by Crippen LogP contribution is -2.37. The highest BCUT2D eigenvalue weighted by Crippen LogP contribution is 2.38. The number of phosphoric ester groups is 1. The number of esters is 2. The minimum atomic E-state index is -4.65. The number of carbonyl (C=O) groups is 2. The fourth-order valence-electron chi connectivity index (χ4n) is 7.59. The zero-order valence-corrected chi connectivity index (χ0v) is 44.5. The second-order valence-corrected chi connectivity index (χ2v) is 21.0. The smallest absolute Gasteiger partial charge is 0.306 e. The van der Waals surface area contributed by atoms with Crippen LogP contribution >= 0.6 is 7.82 Å². The molecule has 9 nitrogen and oxygen atoms in total. The summed E-state index contributed by atoms with van der Waals surface area (Å²) in [5.41, 5.74) is 0. The first-order valence-corrected chi connectivity index (χ1v) is 28.8. The standard InChI is InChI=1S/C56H104NO8P/c1-6-8-10-12-14-16-18-20-22-24-26-28-30-32-34-36-38-40-42-44-46-48-55(58)62-52-54(53-64-66(60,61)63-51-50-57(3,4)5)65-56(59)49-47-45-43-41-39-37-35-33-31-29-27-25-23-21-19-17-15-13-11-9-7-2/h23,25,29,31,35,37,41,43,54H,6-22,24,26-28,30,32-34,36,38-40,42,44-53H2,1-5H3/b25-23+,31-29+,37-35+,43-41+/t54-/m1/s1. The number of likely N-dealkylation sites (N-methyl/N-ethyl adjacent to an activating group) is 1. The summed E-state index contributed by atoms with van der Waals surface area (Å²) in [6, 6.07) is 0. The first-order chi connectivity index (χ1) is 32.0. The summed E-state index contributed by atoms with van der Waals surface area (Å²) in [7, 11) is 1.14. The Hall–Kier alpha value is -2.03. The number of hydrogen-bond donors (Lipinski definition) is 0. The summed E-state index contributed by atoms with van der Waals surface area (Å²) in [6.07, 6.45) is 58.7. The van der Waals surface area contributed by atoms with Crippen molar-refractivity contribution in [2.45, 2.75) is 251 Å². The van der Waals surface area contributed by atoms with Crippen LogP contribution in [0.3, 0.4) is 0 Å². The van der Waals surface area contributed by atoms with E-state index in [9.17, 15) is 19.0 Å². The molecule has 0 spiro atoms. The van der Waals surface area contributed by atoms with Gasteiger partial charge in [-0.05, 0) is 51.4 Å². The van der Waals surface area contributed by atoms with Crippen molar-refractivity contribution < 1.29 is 42.1 Å². The van der Waals surface area contributed by atoms with E-state index in [0.717, 1.165) is 38.5 Å². The molecular weight excluding hydrogens is 846 g/mol. The molecule has 386 valence electrons. The van der Waals surface area contributed by atoms with E-state index in [2.05, 4.69) is 62.5 Å². The molecular formula is C56H104NO8P. The number of nitrogens with zero attached hydrogens (tertiary/aromatic N) is 1. The van der Waals surface area contributed by atoms with E-state index in [1.807, 2.05) is 21.1 Å². The quantitative estimate of drug-likeness (QED) is 0.0195. The van der Waals surface area contributed by atoms with Crippen LogP contribution in [0.25, 0.3) is 0 Å². The first kappa shape index (κ1) is 64.0. The van der Waals surface area contributed by atoms with E-state index in [1.165, 1.54) is 167 Å². The van der Waals surface area contributed by atoms with Crippen LogP contribution < -0.4 is 4.89 Å². The molecule has 0 heterocycles. The van der Waals surface area contributed by atoms with Crippen LogP contribution in [0.1, 0.15) is 245 Å². The molecule has 0 aliphatic heterocycles. The van der Waals surface area contributed by atoms with Gasteiger partial charge in [-0.1, -0.05) is 229 Å². The fourth-order valence-corrected chi connectivity index (χ4v) is 8.32. The molecule has 66 heavy (non-hydrogen) atoms. The third kappa shape index (κ3) is 51.4. The Morgan fingerprint density at radius 1 is 0.470 bits per heavy atom. The Labute approximate surface area is 407 Å². The van der Waals surface area contributed by atoms with Crippen molar-refractivity contribution in [1.29, 1.82) is 0 Å². The molecule has 0 aliphatic carbocycles. The van der Waals surface area contributed by atoms with E-state index in [4.69, 9.17) is 18.5 Å². The highest BCUT2D eigenvalue weighted by atomic mass is 31.2. The van der Waals surface area contributed by atoms with Crippen LogP contribution in [0.15, 0.2) is 48.6 Å². The van der Waals surface area contributed by atoms with Gasteiger partial charge in [-0.15, -0.1) is 0 Å². The van der Waals surface area contributed by atoms with Crippen LogP contribution in [0.5, 0.6) is 0 Å². The van der Waals surface area contributed by atoms with Crippen molar-refractivity contribution in [3.05, 3.63) is 48.6 Å². The van der Waals surface area contributed by atoms with Crippen molar-refractivity contribution in [2.75, 3.05) is 47.5 Å². The molecule has 0 aromatic rings. The summed E-state index contributed by atoms with van der Waals surface area (Å²) in [6.45, 7) is 4.20. The highest BCUT2D eigenvalue weighted by molar-refractivity contribution is 7.45. The number of phosphoric acid groups is 1. The first-order valence-electron chi connectivity index (χ1n) is 27.3. The lowest BCUT2D eigenvalue weighted by molar-refractivity contribution is -0.870.